The lowest BCUT2D eigenvalue weighted by Gasteiger charge is -2.27. The van der Waals surface area contributed by atoms with Crippen molar-refractivity contribution in [3.05, 3.63) is 49.9 Å². The first-order valence-corrected chi connectivity index (χ1v) is 9.34. The number of nitrogens with zero attached hydrogens (tertiary/aromatic N) is 1. The van der Waals surface area contributed by atoms with Gasteiger partial charge >= 0.3 is 5.69 Å². The van der Waals surface area contributed by atoms with Crippen LogP contribution < -0.4 is 15.4 Å². The highest BCUT2D eigenvalue weighted by atomic mass is 32.1. The van der Waals surface area contributed by atoms with E-state index in [1.165, 1.54) is 18.1 Å². The number of nitro benzene ring substituents is 1. The van der Waals surface area contributed by atoms with Gasteiger partial charge in [-0.1, -0.05) is 13.0 Å². The van der Waals surface area contributed by atoms with Crippen molar-refractivity contribution in [2.24, 2.45) is 5.92 Å². The number of anilines is 1. The van der Waals surface area contributed by atoms with Crippen molar-refractivity contribution in [1.82, 2.24) is 5.32 Å². The number of carbonyl (C=O) groups is 1. The van der Waals surface area contributed by atoms with Crippen LogP contribution in [0.5, 0.6) is 5.75 Å². The lowest BCUT2D eigenvalue weighted by Crippen LogP contribution is -2.38. The van der Waals surface area contributed by atoms with E-state index >= 15 is 0 Å². The van der Waals surface area contributed by atoms with Crippen molar-refractivity contribution in [3.8, 4) is 5.75 Å². The quantitative estimate of drug-likeness (QED) is 0.633. The second kappa shape index (κ2) is 6.28. The molecule has 1 aromatic carbocycles. The molecule has 26 heavy (non-hydrogen) atoms. The van der Waals surface area contributed by atoms with Gasteiger partial charge in [0.15, 0.2) is 5.75 Å². The molecule has 1 amide bonds. The van der Waals surface area contributed by atoms with E-state index in [0.29, 0.717) is 11.5 Å². The largest absolute Gasteiger partial charge is 0.490 e. The Morgan fingerprint density at radius 3 is 2.88 bits per heavy atom. The summed E-state index contributed by atoms with van der Waals surface area (Å²) in [6.07, 6.45) is 2.52. The molecule has 4 rings (SSSR count). The first-order valence-electron chi connectivity index (χ1n) is 8.52. The summed E-state index contributed by atoms with van der Waals surface area (Å²) in [6, 6.07) is 4.72. The maximum atomic E-state index is 12.7. The zero-order valence-corrected chi connectivity index (χ0v) is 15.3. The highest BCUT2D eigenvalue weighted by Gasteiger charge is 2.33. The van der Waals surface area contributed by atoms with Crippen molar-refractivity contribution in [1.29, 1.82) is 0 Å². The van der Waals surface area contributed by atoms with Gasteiger partial charge in [0, 0.05) is 16.5 Å². The summed E-state index contributed by atoms with van der Waals surface area (Å²) >= 11 is 1.63. The molecular weight excluding hydrogens is 354 g/mol. The molecule has 2 aromatic rings. The number of fused-ring (bicyclic) bond motifs is 3. The van der Waals surface area contributed by atoms with Crippen LogP contribution in [-0.4, -0.2) is 17.9 Å². The Balaban J connectivity index is 1.69. The average molecular weight is 373 g/mol. The Morgan fingerprint density at radius 1 is 1.35 bits per heavy atom. The lowest BCUT2D eigenvalue weighted by atomic mass is 9.88. The van der Waals surface area contributed by atoms with E-state index in [4.69, 9.17) is 4.74 Å². The highest BCUT2D eigenvalue weighted by molar-refractivity contribution is 7.16. The second-order valence-corrected chi connectivity index (χ2v) is 7.90. The van der Waals surface area contributed by atoms with Gasteiger partial charge in [-0.3, -0.25) is 14.9 Å². The van der Waals surface area contributed by atoms with E-state index in [-0.39, 0.29) is 17.3 Å². The van der Waals surface area contributed by atoms with Crippen molar-refractivity contribution >= 4 is 27.9 Å². The van der Waals surface area contributed by atoms with Gasteiger partial charge in [-0.15, -0.1) is 11.3 Å². The standard InChI is InChI=1S/C18H19N3O4S/c1-9-3-5-11-14(7-9)26-18-15(11)17(22)19-16(20-18)10-4-6-13(25-2)12(8-10)21(23)24/h4,6,8-9,16,20H,3,5,7H2,1-2H3,(H,19,22)/t9-,16+/m0/s1. The molecule has 2 N–H and O–H groups in total. The molecule has 2 aliphatic rings. The number of amides is 1. The molecular formula is C18H19N3O4S. The third kappa shape index (κ3) is 2.70. The first-order chi connectivity index (χ1) is 12.5. The predicted octanol–water partition coefficient (Wildman–Crippen LogP) is 3.64. The number of benzene rings is 1. The van der Waals surface area contributed by atoms with Crippen LogP contribution in [-0.2, 0) is 12.8 Å². The highest BCUT2D eigenvalue weighted by Crippen LogP contribution is 2.43. The van der Waals surface area contributed by atoms with Gasteiger partial charge in [0.25, 0.3) is 5.91 Å². The summed E-state index contributed by atoms with van der Waals surface area (Å²) < 4.78 is 5.04. The van der Waals surface area contributed by atoms with Gasteiger partial charge < -0.3 is 15.4 Å². The minimum Gasteiger partial charge on any atom is -0.490 e. The van der Waals surface area contributed by atoms with Crippen LogP contribution in [0.1, 0.15) is 45.9 Å². The van der Waals surface area contributed by atoms with E-state index in [9.17, 15) is 14.9 Å². The van der Waals surface area contributed by atoms with Crippen LogP contribution >= 0.6 is 11.3 Å². The van der Waals surface area contributed by atoms with E-state index in [2.05, 4.69) is 17.6 Å². The summed E-state index contributed by atoms with van der Waals surface area (Å²) in [6.45, 7) is 2.23. The van der Waals surface area contributed by atoms with E-state index in [0.717, 1.165) is 35.4 Å². The fraction of sp³-hybridized carbons (Fsp3) is 0.389. The number of hydrogen-bond acceptors (Lipinski definition) is 6. The van der Waals surface area contributed by atoms with E-state index in [1.807, 2.05) is 0 Å². The molecule has 0 spiro atoms. The summed E-state index contributed by atoms with van der Waals surface area (Å²) in [5.41, 5.74) is 2.41. The molecule has 1 aromatic heterocycles. The summed E-state index contributed by atoms with van der Waals surface area (Å²) in [4.78, 5) is 24.8. The molecule has 0 saturated carbocycles. The number of nitro groups is 1. The zero-order chi connectivity index (χ0) is 18.4. The lowest BCUT2D eigenvalue weighted by molar-refractivity contribution is -0.385. The van der Waals surface area contributed by atoms with Crippen LogP contribution in [0.2, 0.25) is 0 Å². The SMILES string of the molecule is COc1ccc([C@@H]2NC(=O)c3c(sc4c3CC[C@H](C)C4)N2)cc1[N+](=O)[O-]. The van der Waals surface area contributed by atoms with E-state index < -0.39 is 11.1 Å². The van der Waals surface area contributed by atoms with Gasteiger partial charge in [-0.05, 0) is 36.8 Å². The summed E-state index contributed by atoms with van der Waals surface area (Å²) in [7, 11) is 1.39. The summed E-state index contributed by atoms with van der Waals surface area (Å²) in [5.74, 6) is 0.710. The molecule has 0 saturated heterocycles. The van der Waals surface area contributed by atoms with Crippen molar-refractivity contribution in [2.45, 2.75) is 32.4 Å². The molecule has 2 heterocycles. The molecule has 1 aliphatic heterocycles. The fourth-order valence-electron chi connectivity index (χ4n) is 3.66. The van der Waals surface area contributed by atoms with Crippen molar-refractivity contribution < 1.29 is 14.5 Å². The Bertz CT molecular complexity index is 908. The third-order valence-electron chi connectivity index (χ3n) is 5.02. The topological polar surface area (TPSA) is 93.5 Å². The average Bonchev–Trinajstić information content (AvgIpc) is 2.98. The number of nitrogens with one attached hydrogen (secondary N) is 2. The Morgan fingerprint density at radius 2 is 2.15 bits per heavy atom. The van der Waals surface area contributed by atoms with Gasteiger partial charge in [-0.25, -0.2) is 0 Å². The monoisotopic (exact) mass is 373 g/mol. The smallest absolute Gasteiger partial charge is 0.311 e. The number of methoxy groups -OCH3 is 1. The molecule has 8 heteroatoms. The van der Waals surface area contributed by atoms with Gasteiger partial charge in [-0.2, -0.15) is 0 Å². The third-order valence-corrected chi connectivity index (χ3v) is 6.21. The first kappa shape index (κ1) is 16.8. The number of carbonyl (C=O) groups excluding carboxylic acids is 1. The van der Waals surface area contributed by atoms with Crippen LogP contribution in [0, 0.1) is 16.0 Å². The molecule has 0 radical (unpaired) electrons. The summed E-state index contributed by atoms with van der Waals surface area (Å²) in [5, 5.41) is 18.4. The Kier molecular flexibility index (Phi) is 4.07. The maximum Gasteiger partial charge on any atom is 0.311 e. The van der Waals surface area contributed by atoms with Gasteiger partial charge in [0.05, 0.1) is 17.6 Å². The maximum absolute atomic E-state index is 12.7. The van der Waals surface area contributed by atoms with Crippen LogP contribution in [0.4, 0.5) is 10.7 Å². The normalized spacial score (nSPS) is 21.2. The van der Waals surface area contributed by atoms with Crippen molar-refractivity contribution in [3.63, 3.8) is 0 Å². The van der Waals surface area contributed by atoms with Gasteiger partial charge in [0.2, 0.25) is 0 Å². The minimum absolute atomic E-state index is 0.116. The fourth-order valence-corrected chi connectivity index (χ4v) is 5.10. The second-order valence-electron chi connectivity index (χ2n) is 6.80. The Labute approximate surface area is 154 Å². The molecule has 2 atom stereocenters. The molecule has 136 valence electrons. The molecule has 0 bridgehead atoms. The molecule has 7 nitrogen and oxygen atoms in total. The molecule has 1 aliphatic carbocycles. The Hall–Kier alpha value is -2.61. The van der Waals surface area contributed by atoms with E-state index in [1.54, 1.807) is 23.5 Å². The zero-order valence-electron chi connectivity index (χ0n) is 14.5. The van der Waals surface area contributed by atoms with Crippen LogP contribution in [0.3, 0.4) is 0 Å². The minimum atomic E-state index is -0.503. The number of rotatable bonds is 3. The molecule has 0 fully saturated rings. The number of ether oxygens (including phenoxy) is 1. The number of thiophene rings is 1. The molecule has 0 unspecified atom stereocenters. The van der Waals surface area contributed by atoms with Gasteiger partial charge in [0.1, 0.15) is 11.2 Å². The van der Waals surface area contributed by atoms with Crippen LogP contribution in [0.15, 0.2) is 18.2 Å². The number of hydrogen-bond donors (Lipinski definition) is 2. The predicted molar refractivity (Wildman–Crippen MR) is 99.0 cm³/mol. The van der Waals surface area contributed by atoms with Crippen LogP contribution in [0.25, 0.3) is 0 Å². The van der Waals surface area contributed by atoms with Crippen molar-refractivity contribution in [2.75, 3.05) is 12.4 Å².